The van der Waals surface area contributed by atoms with E-state index in [9.17, 15) is 13.6 Å². The van der Waals surface area contributed by atoms with Crippen molar-refractivity contribution in [3.05, 3.63) is 75.4 Å². The molecule has 0 heterocycles. The molecule has 0 saturated heterocycles. The summed E-state index contributed by atoms with van der Waals surface area (Å²) in [6, 6.07) is 7.01. The van der Waals surface area contributed by atoms with Gasteiger partial charge < -0.3 is 5.32 Å². The van der Waals surface area contributed by atoms with Gasteiger partial charge in [-0.25, -0.2) is 8.78 Å². The van der Waals surface area contributed by atoms with Crippen LogP contribution in [0.4, 0.5) is 14.5 Å². The molecule has 144 valence electrons. The van der Waals surface area contributed by atoms with E-state index in [0.29, 0.717) is 29.8 Å². The van der Waals surface area contributed by atoms with Crippen LogP contribution in [0.15, 0.2) is 42.6 Å². The largest absolute Gasteiger partial charge is 0.359 e. The molecule has 0 aliphatic carbocycles. The fraction of sp³-hybridized carbons (Fsp3) is 0.250. The summed E-state index contributed by atoms with van der Waals surface area (Å²) in [6.45, 7) is 7.01. The lowest BCUT2D eigenvalue weighted by Crippen LogP contribution is -2.15. The molecule has 0 bridgehead atoms. The van der Waals surface area contributed by atoms with Crippen LogP contribution in [0.1, 0.15) is 42.6 Å². The Hall–Kier alpha value is -1.62. The zero-order valence-electron chi connectivity index (χ0n) is 14.8. The zero-order chi connectivity index (χ0) is 20.4. The van der Waals surface area contributed by atoms with Gasteiger partial charge in [0.1, 0.15) is 11.6 Å². The predicted molar refractivity (Wildman–Crippen MR) is 108 cm³/mol. The molecule has 0 aromatic heterocycles. The maximum Gasteiger partial charge on any atom is 0.161 e. The number of nitrogens with one attached hydrogen (secondary N) is 1. The number of carbonyl (C=O) groups excluding carboxylic acids is 1. The standard InChI is InChI=1S/C20H18Cl3F2NO/c1-11(26-14-9-15(12(2)27)19(22)18(25)10-14)6-7-20(3,23)13-4-5-17(24)16(21)8-13/h4-5,8-10,26H,1,6-7H2,2-3H3. The number of anilines is 1. The summed E-state index contributed by atoms with van der Waals surface area (Å²) < 4.78 is 27.2. The third-order valence-corrected chi connectivity index (χ3v) is 5.23. The summed E-state index contributed by atoms with van der Waals surface area (Å²) >= 11 is 18.2. The molecule has 0 radical (unpaired) electrons. The molecule has 0 saturated carbocycles. The third-order valence-electron chi connectivity index (χ3n) is 4.15. The number of Topliss-reactive ketones (excluding diaryl/α,β-unsaturated/α-hetero) is 1. The Balaban J connectivity index is 2.07. The van der Waals surface area contributed by atoms with Crippen molar-refractivity contribution in [1.82, 2.24) is 0 Å². The minimum atomic E-state index is -0.794. The highest BCUT2D eigenvalue weighted by atomic mass is 35.5. The first kappa shape index (κ1) is 21.7. The number of alkyl halides is 1. The smallest absolute Gasteiger partial charge is 0.161 e. The molecule has 0 fully saturated rings. The molecule has 2 rings (SSSR count). The Morgan fingerprint density at radius 2 is 1.85 bits per heavy atom. The van der Waals surface area contributed by atoms with Crippen molar-refractivity contribution in [2.75, 3.05) is 5.32 Å². The topological polar surface area (TPSA) is 29.1 Å². The van der Waals surface area contributed by atoms with E-state index in [2.05, 4.69) is 11.9 Å². The van der Waals surface area contributed by atoms with Gasteiger partial charge in [0.05, 0.1) is 14.9 Å². The third kappa shape index (κ3) is 5.44. The first-order valence-electron chi connectivity index (χ1n) is 8.10. The molecule has 27 heavy (non-hydrogen) atoms. The minimum absolute atomic E-state index is 0.00438. The van der Waals surface area contributed by atoms with Crippen LogP contribution >= 0.6 is 34.8 Å². The number of halogens is 5. The summed E-state index contributed by atoms with van der Waals surface area (Å²) in [5.41, 5.74) is 1.72. The second-order valence-electron chi connectivity index (χ2n) is 6.43. The number of hydrogen-bond acceptors (Lipinski definition) is 2. The monoisotopic (exact) mass is 431 g/mol. The van der Waals surface area contributed by atoms with Crippen molar-refractivity contribution in [1.29, 1.82) is 0 Å². The average Bonchev–Trinajstić information content (AvgIpc) is 2.58. The quantitative estimate of drug-likeness (QED) is 0.366. The number of ketones is 1. The Kier molecular flexibility index (Phi) is 6.90. The van der Waals surface area contributed by atoms with Crippen LogP contribution in [-0.4, -0.2) is 5.78 Å². The van der Waals surface area contributed by atoms with E-state index in [4.69, 9.17) is 34.8 Å². The molecule has 0 spiro atoms. The van der Waals surface area contributed by atoms with E-state index in [0.717, 1.165) is 0 Å². The fourth-order valence-corrected chi connectivity index (χ4v) is 3.17. The molecule has 1 N–H and O–H groups in total. The van der Waals surface area contributed by atoms with E-state index in [1.165, 1.54) is 31.2 Å². The minimum Gasteiger partial charge on any atom is -0.359 e. The van der Waals surface area contributed by atoms with Gasteiger partial charge in [0, 0.05) is 16.9 Å². The highest BCUT2D eigenvalue weighted by molar-refractivity contribution is 6.34. The van der Waals surface area contributed by atoms with Crippen molar-refractivity contribution in [2.24, 2.45) is 0 Å². The Morgan fingerprint density at radius 3 is 2.44 bits per heavy atom. The molecule has 2 aromatic carbocycles. The average molecular weight is 433 g/mol. The van der Waals surface area contributed by atoms with Gasteiger partial charge >= 0.3 is 0 Å². The van der Waals surface area contributed by atoms with Crippen molar-refractivity contribution in [2.45, 2.75) is 31.6 Å². The fourth-order valence-electron chi connectivity index (χ4n) is 2.53. The Labute approximate surface area is 172 Å². The van der Waals surface area contributed by atoms with Crippen molar-refractivity contribution in [3.63, 3.8) is 0 Å². The number of allylic oxidation sites excluding steroid dienone is 1. The molecular weight excluding hydrogens is 415 g/mol. The number of hydrogen-bond donors (Lipinski definition) is 1. The highest BCUT2D eigenvalue weighted by Gasteiger charge is 2.24. The molecule has 7 heteroatoms. The molecule has 2 aromatic rings. The van der Waals surface area contributed by atoms with Gasteiger partial charge in [0.25, 0.3) is 0 Å². The summed E-state index contributed by atoms with van der Waals surface area (Å²) in [5, 5.41) is 2.76. The van der Waals surface area contributed by atoms with Crippen LogP contribution in [0.5, 0.6) is 0 Å². The summed E-state index contributed by atoms with van der Waals surface area (Å²) in [7, 11) is 0. The first-order chi connectivity index (χ1) is 12.5. The highest BCUT2D eigenvalue weighted by Crippen LogP contribution is 2.36. The Bertz CT molecular complexity index is 897. The second kappa shape index (κ2) is 8.59. The van der Waals surface area contributed by atoms with Crippen LogP contribution in [0.3, 0.4) is 0 Å². The van der Waals surface area contributed by atoms with Gasteiger partial charge in [-0.15, -0.1) is 11.6 Å². The van der Waals surface area contributed by atoms with E-state index >= 15 is 0 Å². The number of carbonyl (C=O) groups is 1. The summed E-state index contributed by atoms with van der Waals surface area (Å²) in [4.78, 5) is 10.8. The maximum absolute atomic E-state index is 13.9. The summed E-state index contributed by atoms with van der Waals surface area (Å²) in [5.74, 6) is -1.54. The van der Waals surface area contributed by atoms with Crippen LogP contribution in [-0.2, 0) is 4.87 Å². The Morgan fingerprint density at radius 1 is 1.19 bits per heavy atom. The van der Waals surface area contributed by atoms with Gasteiger partial charge in [0.2, 0.25) is 0 Å². The second-order valence-corrected chi connectivity index (χ2v) is 8.05. The van der Waals surface area contributed by atoms with Crippen LogP contribution in [0.25, 0.3) is 0 Å². The summed E-state index contributed by atoms with van der Waals surface area (Å²) in [6.07, 6.45) is 0.923. The van der Waals surface area contributed by atoms with Crippen LogP contribution in [0, 0.1) is 11.6 Å². The van der Waals surface area contributed by atoms with Gasteiger partial charge in [-0.05, 0) is 56.5 Å². The maximum atomic E-state index is 13.9. The van der Waals surface area contributed by atoms with Gasteiger partial charge in [-0.2, -0.15) is 0 Å². The van der Waals surface area contributed by atoms with E-state index in [1.54, 1.807) is 13.0 Å². The molecule has 0 aliphatic heterocycles. The van der Waals surface area contributed by atoms with Gasteiger partial charge in [-0.1, -0.05) is 35.8 Å². The zero-order valence-corrected chi connectivity index (χ0v) is 17.1. The van der Waals surface area contributed by atoms with E-state index in [1.807, 2.05) is 0 Å². The van der Waals surface area contributed by atoms with E-state index in [-0.39, 0.29) is 21.4 Å². The lowest BCUT2D eigenvalue weighted by molar-refractivity contribution is 0.101. The molecule has 0 amide bonds. The lowest BCUT2D eigenvalue weighted by Gasteiger charge is -2.24. The van der Waals surface area contributed by atoms with Crippen molar-refractivity contribution in [3.8, 4) is 0 Å². The molecular formula is C20H18Cl3F2NO. The van der Waals surface area contributed by atoms with Gasteiger partial charge in [-0.3, -0.25) is 4.79 Å². The first-order valence-corrected chi connectivity index (χ1v) is 9.24. The SMILES string of the molecule is C=C(CCC(C)(Cl)c1ccc(F)c(Cl)c1)Nc1cc(F)c(Cl)c(C(C)=O)c1. The van der Waals surface area contributed by atoms with Crippen molar-refractivity contribution < 1.29 is 13.6 Å². The number of benzene rings is 2. The van der Waals surface area contributed by atoms with Gasteiger partial charge in [0.15, 0.2) is 5.78 Å². The van der Waals surface area contributed by atoms with Crippen molar-refractivity contribution >= 4 is 46.3 Å². The predicted octanol–water partition coefficient (Wildman–Crippen LogP) is 7.33. The molecule has 0 aliphatic rings. The van der Waals surface area contributed by atoms with Crippen LogP contribution < -0.4 is 5.32 Å². The van der Waals surface area contributed by atoms with E-state index < -0.39 is 16.5 Å². The molecule has 1 atom stereocenters. The molecule has 2 nitrogen and oxygen atoms in total. The van der Waals surface area contributed by atoms with Crippen LogP contribution in [0.2, 0.25) is 10.0 Å². The molecule has 1 unspecified atom stereocenters. The lowest BCUT2D eigenvalue weighted by atomic mass is 9.94. The number of rotatable bonds is 7. The normalized spacial score (nSPS) is 13.1.